The number of rotatable bonds is 3. The number of aliphatic carboxylic acids is 1. The second kappa shape index (κ2) is 5.04. The van der Waals surface area contributed by atoms with Crippen molar-refractivity contribution < 1.29 is 14.7 Å². The number of likely N-dealkylation sites (N-methyl/N-ethyl adjacent to an activating group) is 2. The number of likely N-dealkylation sites (tertiary alicyclic amines) is 1. The van der Waals surface area contributed by atoms with E-state index in [2.05, 4.69) is 4.90 Å². The first-order chi connectivity index (χ1) is 7.76. The Hall–Kier alpha value is -1.10. The molecule has 1 N–H and O–H groups in total. The number of piperidine rings is 1. The summed E-state index contributed by atoms with van der Waals surface area (Å²) in [4.78, 5) is 27.0. The Kier molecular flexibility index (Phi) is 4.14. The molecule has 0 aromatic rings. The van der Waals surface area contributed by atoms with Gasteiger partial charge in [-0.05, 0) is 40.3 Å². The highest BCUT2D eigenvalue weighted by molar-refractivity contribution is 6.01. The maximum atomic E-state index is 12.1. The van der Waals surface area contributed by atoms with E-state index < -0.39 is 11.4 Å². The maximum Gasteiger partial charge on any atom is 0.318 e. The molecule has 5 heteroatoms. The third kappa shape index (κ3) is 2.97. The summed E-state index contributed by atoms with van der Waals surface area (Å²) >= 11 is 0. The summed E-state index contributed by atoms with van der Waals surface area (Å²) in [5, 5.41) is 9.05. The van der Waals surface area contributed by atoms with Crippen molar-refractivity contribution in [3.05, 3.63) is 0 Å². The van der Waals surface area contributed by atoms with Gasteiger partial charge in [-0.1, -0.05) is 0 Å². The van der Waals surface area contributed by atoms with Crippen molar-refractivity contribution in [1.29, 1.82) is 0 Å². The monoisotopic (exact) mass is 242 g/mol. The van der Waals surface area contributed by atoms with Crippen LogP contribution >= 0.6 is 0 Å². The molecular weight excluding hydrogens is 220 g/mol. The Labute approximate surface area is 102 Å². The molecule has 1 saturated heterocycles. The van der Waals surface area contributed by atoms with E-state index in [1.165, 1.54) is 13.8 Å². The number of carboxylic acids is 1. The summed E-state index contributed by atoms with van der Waals surface area (Å²) in [5.74, 6) is -1.39. The van der Waals surface area contributed by atoms with Gasteiger partial charge in [-0.25, -0.2) is 0 Å². The fourth-order valence-electron chi connectivity index (χ4n) is 2.15. The molecule has 1 atom stereocenters. The number of hydrogen-bond acceptors (Lipinski definition) is 3. The highest BCUT2D eigenvalue weighted by Gasteiger charge is 2.40. The van der Waals surface area contributed by atoms with Gasteiger partial charge in [0.05, 0.1) is 0 Å². The molecule has 98 valence electrons. The van der Waals surface area contributed by atoms with Crippen LogP contribution in [0.1, 0.15) is 26.7 Å². The quantitative estimate of drug-likeness (QED) is 0.738. The zero-order valence-corrected chi connectivity index (χ0v) is 11.1. The highest BCUT2D eigenvalue weighted by atomic mass is 16.4. The first kappa shape index (κ1) is 14.0. The van der Waals surface area contributed by atoms with Crippen molar-refractivity contribution in [3.63, 3.8) is 0 Å². The van der Waals surface area contributed by atoms with Crippen molar-refractivity contribution in [2.75, 3.05) is 27.2 Å². The van der Waals surface area contributed by atoms with E-state index in [9.17, 15) is 9.59 Å². The van der Waals surface area contributed by atoms with Gasteiger partial charge in [0.2, 0.25) is 5.91 Å². The van der Waals surface area contributed by atoms with Crippen LogP contribution in [0.25, 0.3) is 0 Å². The van der Waals surface area contributed by atoms with Crippen LogP contribution in [-0.4, -0.2) is 60.0 Å². The second-order valence-electron chi connectivity index (χ2n) is 5.40. The molecule has 1 heterocycles. The molecule has 1 rings (SSSR count). The molecule has 0 aromatic heterocycles. The number of amides is 1. The van der Waals surface area contributed by atoms with Crippen LogP contribution < -0.4 is 0 Å². The normalized spacial score (nSPS) is 22.2. The summed E-state index contributed by atoms with van der Waals surface area (Å²) in [6, 6.07) is 0.125. The third-order valence-electron chi connectivity index (χ3n) is 3.54. The maximum absolute atomic E-state index is 12.1. The average molecular weight is 242 g/mol. The SMILES string of the molecule is CN1CCCC(N(C)C(=O)C(C)(C)C(=O)O)C1. The van der Waals surface area contributed by atoms with Crippen LogP contribution in [0.3, 0.4) is 0 Å². The van der Waals surface area contributed by atoms with Crippen LogP contribution in [0.5, 0.6) is 0 Å². The lowest BCUT2D eigenvalue weighted by Gasteiger charge is -2.38. The topological polar surface area (TPSA) is 60.9 Å². The minimum Gasteiger partial charge on any atom is -0.480 e. The Morgan fingerprint density at radius 1 is 1.41 bits per heavy atom. The summed E-state index contributed by atoms with van der Waals surface area (Å²) < 4.78 is 0. The van der Waals surface area contributed by atoms with Crippen molar-refractivity contribution in [3.8, 4) is 0 Å². The third-order valence-corrected chi connectivity index (χ3v) is 3.54. The van der Waals surface area contributed by atoms with E-state index in [0.29, 0.717) is 0 Å². The zero-order valence-electron chi connectivity index (χ0n) is 11.1. The number of nitrogens with zero attached hydrogens (tertiary/aromatic N) is 2. The lowest BCUT2D eigenvalue weighted by atomic mass is 9.90. The predicted molar refractivity (Wildman–Crippen MR) is 64.7 cm³/mol. The van der Waals surface area contributed by atoms with E-state index in [1.54, 1.807) is 11.9 Å². The molecular formula is C12H22N2O3. The van der Waals surface area contributed by atoms with E-state index in [4.69, 9.17) is 5.11 Å². The molecule has 1 fully saturated rings. The fourth-order valence-corrected chi connectivity index (χ4v) is 2.15. The molecule has 0 saturated carbocycles. The summed E-state index contributed by atoms with van der Waals surface area (Å²) in [5.41, 5.74) is -1.34. The Balaban J connectivity index is 2.72. The van der Waals surface area contributed by atoms with E-state index in [-0.39, 0.29) is 11.9 Å². The number of hydrogen-bond donors (Lipinski definition) is 1. The molecule has 0 aromatic carbocycles. The van der Waals surface area contributed by atoms with Gasteiger partial charge in [0, 0.05) is 19.6 Å². The largest absolute Gasteiger partial charge is 0.480 e. The van der Waals surface area contributed by atoms with Crippen LogP contribution in [0, 0.1) is 5.41 Å². The van der Waals surface area contributed by atoms with Crippen molar-refractivity contribution in [1.82, 2.24) is 9.80 Å². The molecule has 1 aliphatic heterocycles. The Morgan fingerprint density at radius 2 is 2.00 bits per heavy atom. The second-order valence-corrected chi connectivity index (χ2v) is 5.40. The van der Waals surface area contributed by atoms with Gasteiger partial charge in [-0.2, -0.15) is 0 Å². The fraction of sp³-hybridized carbons (Fsp3) is 0.833. The van der Waals surface area contributed by atoms with E-state index in [1.807, 2.05) is 7.05 Å². The Morgan fingerprint density at radius 3 is 2.47 bits per heavy atom. The zero-order chi connectivity index (χ0) is 13.2. The summed E-state index contributed by atoms with van der Waals surface area (Å²) in [7, 11) is 3.73. The molecule has 0 spiro atoms. The van der Waals surface area contributed by atoms with Gasteiger partial charge < -0.3 is 14.9 Å². The van der Waals surface area contributed by atoms with Crippen LogP contribution in [0.4, 0.5) is 0 Å². The molecule has 5 nitrogen and oxygen atoms in total. The van der Waals surface area contributed by atoms with Crippen LogP contribution in [0.2, 0.25) is 0 Å². The van der Waals surface area contributed by atoms with Gasteiger partial charge in [-0.3, -0.25) is 9.59 Å². The highest BCUT2D eigenvalue weighted by Crippen LogP contribution is 2.22. The van der Waals surface area contributed by atoms with Gasteiger partial charge in [0.1, 0.15) is 5.41 Å². The smallest absolute Gasteiger partial charge is 0.318 e. The van der Waals surface area contributed by atoms with Crippen molar-refractivity contribution in [2.45, 2.75) is 32.7 Å². The predicted octanol–water partition coefficient (Wildman–Crippen LogP) is 0.650. The molecule has 1 unspecified atom stereocenters. The average Bonchev–Trinajstić information content (AvgIpc) is 2.26. The van der Waals surface area contributed by atoms with Gasteiger partial charge in [0.25, 0.3) is 0 Å². The summed E-state index contributed by atoms with van der Waals surface area (Å²) in [6.45, 7) is 4.78. The molecule has 0 bridgehead atoms. The summed E-state index contributed by atoms with van der Waals surface area (Å²) in [6.07, 6.45) is 1.99. The first-order valence-corrected chi connectivity index (χ1v) is 5.96. The van der Waals surface area contributed by atoms with Crippen molar-refractivity contribution in [2.24, 2.45) is 5.41 Å². The van der Waals surface area contributed by atoms with E-state index in [0.717, 1.165) is 25.9 Å². The van der Waals surface area contributed by atoms with E-state index >= 15 is 0 Å². The molecule has 0 radical (unpaired) electrons. The number of carbonyl (C=O) groups is 2. The number of carbonyl (C=O) groups excluding carboxylic acids is 1. The lowest BCUT2D eigenvalue weighted by molar-refractivity contribution is -0.159. The van der Waals surface area contributed by atoms with Gasteiger partial charge in [-0.15, -0.1) is 0 Å². The Bertz CT molecular complexity index is 315. The molecule has 0 aliphatic carbocycles. The molecule has 1 aliphatic rings. The van der Waals surface area contributed by atoms with Crippen LogP contribution in [0.15, 0.2) is 0 Å². The first-order valence-electron chi connectivity index (χ1n) is 5.96. The number of carboxylic acid groups (broad SMARTS) is 1. The minimum atomic E-state index is -1.34. The molecule has 17 heavy (non-hydrogen) atoms. The van der Waals surface area contributed by atoms with Crippen molar-refractivity contribution >= 4 is 11.9 Å². The standard InChI is InChI=1S/C12H22N2O3/c1-12(2,11(16)17)10(15)14(4)9-6-5-7-13(3)8-9/h9H,5-8H2,1-4H3,(H,16,17). The van der Waals surface area contributed by atoms with Gasteiger partial charge in [0.15, 0.2) is 0 Å². The van der Waals surface area contributed by atoms with Gasteiger partial charge >= 0.3 is 5.97 Å². The minimum absolute atomic E-state index is 0.125. The van der Waals surface area contributed by atoms with Crippen LogP contribution in [-0.2, 0) is 9.59 Å². The lowest BCUT2D eigenvalue weighted by Crippen LogP contribution is -2.52. The molecule has 1 amide bonds.